The SMILES string of the molecule is CC(=O)[O-].CC(=O)[O-].CCCCCCCCCCC[CH2][Na].[Co+2].c1ccc(Cc2ccccn2)cc1. The molecule has 1 aromatic heterocycles. The molecule has 0 aliphatic carbocycles. The number of unbranched alkanes of at least 4 members (excludes halogenated alkanes) is 9. The van der Waals surface area contributed by atoms with Crippen LogP contribution in [-0.2, 0) is 32.8 Å². The fourth-order valence-corrected chi connectivity index (χ4v) is 3.55. The molecule has 0 unspecified atom stereocenters. The van der Waals surface area contributed by atoms with Gasteiger partial charge in [-0.15, -0.1) is 0 Å². The van der Waals surface area contributed by atoms with Gasteiger partial charge in [0.1, 0.15) is 0 Å². The van der Waals surface area contributed by atoms with Crippen LogP contribution >= 0.6 is 0 Å². The topological polar surface area (TPSA) is 93.1 Å². The summed E-state index contributed by atoms with van der Waals surface area (Å²) in [5, 5.41) is 17.8. The second-order valence-electron chi connectivity index (χ2n) is 8.15. The first-order valence-corrected chi connectivity index (χ1v) is 14.0. The molecule has 0 atom stereocenters. The van der Waals surface area contributed by atoms with Gasteiger partial charge in [0.2, 0.25) is 0 Å². The van der Waals surface area contributed by atoms with E-state index >= 15 is 0 Å². The molecule has 1 radical (unpaired) electrons. The van der Waals surface area contributed by atoms with Crippen molar-refractivity contribution in [1.29, 1.82) is 0 Å². The molecule has 0 fully saturated rings. The van der Waals surface area contributed by atoms with Gasteiger partial charge in [0.15, 0.2) is 0 Å². The number of carboxylic acid groups (broad SMARTS) is 2. The molecule has 0 saturated heterocycles. The number of carbonyl (C=O) groups excluding carboxylic acids is 2. The van der Waals surface area contributed by atoms with Gasteiger partial charge in [-0.25, -0.2) is 0 Å². The van der Waals surface area contributed by atoms with Gasteiger partial charge in [-0.3, -0.25) is 4.98 Å². The van der Waals surface area contributed by atoms with E-state index in [1.54, 1.807) is 0 Å². The maximum atomic E-state index is 8.89. The largest absolute Gasteiger partial charge is 2.00 e. The van der Waals surface area contributed by atoms with Gasteiger partial charge in [0.05, 0.1) is 0 Å². The van der Waals surface area contributed by atoms with Crippen molar-refractivity contribution < 1.29 is 36.6 Å². The van der Waals surface area contributed by atoms with Crippen LogP contribution in [0.25, 0.3) is 0 Å². The van der Waals surface area contributed by atoms with E-state index in [2.05, 4.69) is 36.2 Å². The predicted molar refractivity (Wildman–Crippen MR) is 137 cm³/mol. The van der Waals surface area contributed by atoms with E-state index in [1.165, 1.54) is 101 Å². The van der Waals surface area contributed by atoms with E-state index in [1.807, 2.05) is 30.5 Å². The zero-order valence-electron chi connectivity index (χ0n) is 22.1. The summed E-state index contributed by atoms with van der Waals surface area (Å²) in [7, 11) is 0. The molecule has 0 aliphatic rings. The summed E-state index contributed by atoms with van der Waals surface area (Å²) >= 11 is 1.41. The number of carboxylic acids is 2. The van der Waals surface area contributed by atoms with Crippen molar-refractivity contribution in [3.05, 3.63) is 66.0 Å². The van der Waals surface area contributed by atoms with Crippen molar-refractivity contribution in [3.63, 3.8) is 0 Å². The Labute approximate surface area is 241 Å². The third kappa shape index (κ3) is 37.5. The number of hydrogen-bond acceptors (Lipinski definition) is 5. The number of aromatic nitrogens is 1. The Hall–Kier alpha value is -1.18. The second kappa shape index (κ2) is 30.8. The van der Waals surface area contributed by atoms with Gasteiger partial charge in [0, 0.05) is 30.3 Å². The van der Waals surface area contributed by atoms with Crippen LogP contribution in [-0.4, -0.2) is 44.9 Å². The summed E-state index contributed by atoms with van der Waals surface area (Å²) in [6, 6.07) is 16.4. The molecule has 2 rings (SSSR count). The Kier molecular flexibility index (Phi) is 33.8. The summed E-state index contributed by atoms with van der Waals surface area (Å²) in [5.74, 6) is -2.17. The molecule has 0 spiro atoms. The average Bonchev–Trinajstić information content (AvgIpc) is 2.79. The van der Waals surface area contributed by atoms with Crippen molar-refractivity contribution in [3.8, 4) is 0 Å². The summed E-state index contributed by atoms with van der Waals surface area (Å²) in [5.41, 5.74) is 2.43. The molecule has 7 heteroatoms. The van der Waals surface area contributed by atoms with Crippen LogP contribution in [0.15, 0.2) is 54.7 Å². The number of rotatable bonds is 12. The number of aliphatic carboxylic acids is 2. The quantitative estimate of drug-likeness (QED) is 0.289. The van der Waals surface area contributed by atoms with Crippen LogP contribution < -0.4 is 10.2 Å². The van der Waals surface area contributed by atoms with E-state index < -0.39 is 11.9 Å². The molecular weight excluding hydrogens is 496 g/mol. The molecular formula is C28H42CoNNaO4. The standard InChI is InChI=1S/C12H11N.C12H25.2C2H4O2.Co.Na/c1-2-6-11(7-3-1)10-12-8-4-5-9-13-12;1-3-5-7-9-11-12-10-8-6-4-2;2*1-2(3)4;;/h1-9H,10H2;1,3-12H2,2H3;2*1H3,(H,3,4);;/q;;;;+2;/p-2. The Morgan fingerprint density at radius 3 is 1.57 bits per heavy atom. The van der Waals surface area contributed by atoms with E-state index in [0.29, 0.717) is 0 Å². The van der Waals surface area contributed by atoms with E-state index in [9.17, 15) is 0 Å². The molecule has 5 nitrogen and oxygen atoms in total. The monoisotopic (exact) mass is 538 g/mol. The summed E-state index contributed by atoms with van der Waals surface area (Å²) in [6.07, 6.45) is 17.5. The van der Waals surface area contributed by atoms with Crippen LogP contribution in [0.2, 0.25) is 3.67 Å². The van der Waals surface area contributed by atoms with Crippen molar-refractivity contribution in [1.82, 2.24) is 4.98 Å². The fourth-order valence-electron chi connectivity index (χ4n) is 3.05. The van der Waals surface area contributed by atoms with Crippen LogP contribution in [0.5, 0.6) is 0 Å². The minimum absolute atomic E-state index is 0. The molecule has 0 bridgehead atoms. The smallest absolute Gasteiger partial charge is 0.261 e. The molecule has 193 valence electrons. The molecule has 1 heterocycles. The number of carbonyl (C=O) groups is 2. The first kappa shape index (κ1) is 38.3. The minimum Gasteiger partial charge on any atom is -0.261 e. The number of benzene rings is 1. The number of pyridine rings is 1. The first-order chi connectivity index (χ1) is 16.3. The first-order valence-electron chi connectivity index (χ1n) is 12.6. The minimum atomic E-state index is -1.08. The number of nitrogens with zero attached hydrogens (tertiary/aromatic N) is 1. The Balaban J connectivity index is -0.000000440. The molecule has 35 heavy (non-hydrogen) atoms. The summed E-state index contributed by atoms with van der Waals surface area (Å²) in [4.78, 5) is 22.1. The van der Waals surface area contributed by atoms with E-state index in [0.717, 1.165) is 26.0 Å². The van der Waals surface area contributed by atoms with Gasteiger partial charge in [-0.1, -0.05) is 36.4 Å². The predicted octanol–water partition coefficient (Wildman–Crippen LogP) is 4.68. The third-order valence-electron chi connectivity index (χ3n) is 4.66. The molecule has 0 aliphatic heterocycles. The summed E-state index contributed by atoms with van der Waals surface area (Å²) in [6.45, 7) is 4.23. The maximum Gasteiger partial charge on any atom is 2.00 e. The second-order valence-corrected chi connectivity index (χ2v) is 9.15. The van der Waals surface area contributed by atoms with Gasteiger partial charge >= 0.3 is 120 Å². The average molecular weight is 539 g/mol. The normalized spacial score (nSPS) is 9.06. The van der Waals surface area contributed by atoms with Crippen LogP contribution in [0.3, 0.4) is 0 Å². The molecule has 0 N–H and O–H groups in total. The van der Waals surface area contributed by atoms with Crippen LogP contribution in [0.1, 0.15) is 96.2 Å². The van der Waals surface area contributed by atoms with Gasteiger partial charge in [0.25, 0.3) is 0 Å². The van der Waals surface area contributed by atoms with Crippen LogP contribution in [0.4, 0.5) is 0 Å². The maximum absolute atomic E-state index is 8.89. The molecule has 0 saturated carbocycles. The van der Waals surface area contributed by atoms with Crippen molar-refractivity contribution in [2.75, 3.05) is 0 Å². The Morgan fingerprint density at radius 1 is 0.743 bits per heavy atom. The molecule has 1 aromatic carbocycles. The van der Waals surface area contributed by atoms with Gasteiger partial charge in [-0.2, -0.15) is 0 Å². The third-order valence-corrected chi connectivity index (χ3v) is 5.37. The van der Waals surface area contributed by atoms with Crippen molar-refractivity contribution in [2.24, 2.45) is 0 Å². The van der Waals surface area contributed by atoms with Gasteiger partial charge < -0.3 is 19.8 Å². The van der Waals surface area contributed by atoms with Crippen molar-refractivity contribution in [2.45, 2.75) is 95.1 Å². The van der Waals surface area contributed by atoms with E-state index in [4.69, 9.17) is 19.8 Å². The van der Waals surface area contributed by atoms with E-state index in [-0.39, 0.29) is 16.8 Å². The van der Waals surface area contributed by atoms with Crippen molar-refractivity contribution >= 4 is 39.9 Å². The van der Waals surface area contributed by atoms with Crippen LogP contribution in [0, 0.1) is 0 Å². The Morgan fingerprint density at radius 2 is 1.17 bits per heavy atom. The Bertz CT molecular complexity index is 635. The van der Waals surface area contributed by atoms with Gasteiger partial charge in [-0.05, 0) is 31.5 Å². The number of hydrogen-bond donors (Lipinski definition) is 0. The fraction of sp³-hybridized carbons (Fsp3) is 0.536. The summed E-state index contributed by atoms with van der Waals surface area (Å²) < 4.78 is 1.51. The zero-order valence-corrected chi connectivity index (χ0v) is 25.1. The zero-order chi connectivity index (χ0) is 25.9. The molecule has 2 aromatic rings. The molecule has 0 amide bonds.